The van der Waals surface area contributed by atoms with Crippen molar-refractivity contribution in [2.45, 2.75) is 33.7 Å². The predicted molar refractivity (Wildman–Crippen MR) is 74.4 cm³/mol. The molecule has 102 valence electrons. The van der Waals surface area contributed by atoms with Crippen molar-refractivity contribution < 1.29 is 15.0 Å². The van der Waals surface area contributed by atoms with Crippen LogP contribution in [-0.4, -0.2) is 20.7 Å². The van der Waals surface area contributed by atoms with Crippen LogP contribution in [0.1, 0.15) is 26.5 Å². The van der Waals surface area contributed by atoms with Gasteiger partial charge in [0.25, 0.3) is 0 Å². The van der Waals surface area contributed by atoms with Gasteiger partial charge in [-0.05, 0) is 39.0 Å². The number of phenolic OH excluding ortho intramolecular Hbond substituents is 1. The Bertz CT molecular complexity index is 626. The standard InChI is InChI=1S/C15H19NO3/c1-4-16-11(9-15(2,3)14(18)19)7-10-5-6-12(17)8-13(10)16/h5-8,17H,4,9H2,1-3H3,(H,18,19). The van der Waals surface area contributed by atoms with Crippen molar-refractivity contribution >= 4 is 16.9 Å². The molecule has 1 heterocycles. The summed E-state index contributed by atoms with van der Waals surface area (Å²) in [5.74, 6) is -0.576. The van der Waals surface area contributed by atoms with E-state index in [1.54, 1.807) is 26.0 Å². The number of carboxylic acid groups (broad SMARTS) is 1. The van der Waals surface area contributed by atoms with Gasteiger partial charge in [0.15, 0.2) is 0 Å². The van der Waals surface area contributed by atoms with Crippen LogP contribution < -0.4 is 0 Å². The zero-order chi connectivity index (χ0) is 14.2. The zero-order valence-electron chi connectivity index (χ0n) is 11.5. The molecule has 0 aliphatic rings. The van der Waals surface area contributed by atoms with Crippen LogP contribution in [-0.2, 0) is 17.8 Å². The molecule has 0 radical (unpaired) electrons. The van der Waals surface area contributed by atoms with Crippen LogP contribution in [0.3, 0.4) is 0 Å². The first kappa shape index (κ1) is 13.5. The molecular formula is C15H19NO3. The van der Waals surface area contributed by atoms with Gasteiger partial charge >= 0.3 is 5.97 Å². The minimum atomic E-state index is -0.803. The van der Waals surface area contributed by atoms with Crippen molar-refractivity contribution in [1.29, 1.82) is 0 Å². The topological polar surface area (TPSA) is 62.5 Å². The summed E-state index contributed by atoms with van der Waals surface area (Å²) in [6.07, 6.45) is 0.464. The van der Waals surface area contributed by atoms with Crippen molar-refractivity contribution in [3.63, 3.8) is 0 Å². The number of aromatic nitrogens is 1. The van der Waals surface area contributed by atoms with E-state index in [9.17, 15) is 15.0 Å². The number of phenols is 1. The molecule has 0 fully saturated rings. The largest absolute Gasteiger partial charge is 0.508 e. The minimum absolute atomic E-state index is 0.226. The molecule has 1 aromatic heterocycles. The SMILES string of the molecule is CCn1c(CC(C)(C)C(=O)O)cc2ccc(O)cc21. The number of hydrogen-bond acceptors (Lipinski definition) is 2. The number of aryl methyl sites for hydroxylation is 1. The third-order valence-corrected chi connectivity index (χ3v) is 3.49. The molecule has 0 atom stereocenters. The fourth-order valence-electron chi connectivity index (χ4n) is 2.35. The number of aromatic hydroxyl groups is 1. The Balaban J connectivity index is 2.52. The third-order valence-electron chi connectivity index (χ3n) is 3.49. The van der Waals surface area contributed by atoms with Crippen LogP contribution in [0.25, 0.3) is 10.9 Å². The number of benzene rings is 1. The number of carbonyl (C=O) groups is 1. The first-order valence-corrected chi connectivity index (χ1v) is 6.39. The van der Waals surface area contributed by atoms with Gasteiger partial charge in [-0.3, -0.25) is 4.79 Å². The maximum absolute atomic E-state index is 11.2. The van der Waals surface area contributed by atoms with Gasteiger partial charge in [-0.25, -0.2) is 0 Å². The van der Waals surface area contributed by atoms with E-state index in [2.05, 4.69) is 4.57 Å². The first-order valence-electron chi connectivity index (χ1n) is 6.39. The number of carboxylic acids is 1. The number of rotatable bonds is 4. The molecule has 4 nitrogen and oxygen atoms in total. The lowest BCUT2D eigenvalue weighted by Gasteiger charge is -2.20. The van der Waals surface area contributed by atoms with Crippen LogP contribution in [0, 0.1) is 5.41 Å². The van der Waals surface area contributed by atoms with Crippen LogP contribution in [0.2, 0.25) is 0 Å². The van der Waals surface area contributed by atoms with E-state index in [0.717, 1.165) is 23.1 Å². The summed E-state index contributed by atoms with van der Waals surface area (Å²) in [7, 11) is 0. The molecule has 2 rings (SSSR count). The average molecular weight is 261 g/mol. The molecule has 1 aromatic carbocycles. The first-order chi connectivity index (χ1) is 8.85. The molecule has 19 heavy (non-hydrogen) atoms. The highest BCUT2D eigenvalue weighted by Gasteiger charge is 2.29. The van der Waals surface area contributed by atoms with Gasteiger partial charge in [0.05, 0.1) is 10.9 Å². The van der Waals surface area contributed by atoms with Gasteiger partial charge in [-0.1, -0.05) is 0 Å². The van der Waals surface area contributed by atoms with Gasteiger partial charge < -0.3 is 14.8 Å². The number of aliphatic carboxylic acids is 1. The van der Waals surface area contributed by atoms with Crippen molar-refractivity contribution in [2.24, 2.45) is 5.41 Å². The van der Waals surface area contributed by atoms with Gasteiger partial charge in [0.1, 0.15) is 5.75 Å². The predicted octanol–water partition coefficient (Wildman–Crippen LogP) is 3.02. The average Bonchev–Trinajstić information content (AvgIpc) is 2.64. The molecule has 0 saturated carbocycles. The molecule has 0 aliphatic heterocycles. The fourth-order valence-corrected chi connectivity index (χ4v) is 2.35. The molecule has 0 bridgehead atoms. The highest BCUT2D eigenvalue weighted by atomic mass is 16.4. The van der Waals surface area contributed by atoms with E-state index in [0.29, 0.717) is 6.42 Å². The lowest BCUT2D eigenvalue weighted by Crippen LogP contribution is -2.27. The lowest BCUT2D eigenvalue weighted by molar-refractivity contribution is -0.146. The third kappa shape index (κ3) is 2.43. The smallest absolute Gasteiger partial charge is 0.309 e. The van der Waals surface area contributed by atoms with Crippen LogP contribution in [0.5, 0.6) is 5.75 Å². The Morgan fingerprint density at radius 1 is 1.32 bits per heavy atom. The van der Waals surface area contributed by atoms with Gasteiger partial charge in [0.2, 0.25) is 0 Å². The second-order valence-electron chi connectivity index (χ2n) is 5.49. The second-order valence-corrected chi connectivity index (χ2v) is 5.49. The number of hydrogen-bond donors (Lipinski definition) is 2. The Hall–Kier alpha value is -1.97. The van der Waals surface area contributed by atoms with Gasteiger partial charge in [-0.2, -0.15) is 0 Å². The van der Waals surface area contributed by atoms with Crippen molar-refractivity contribution in [3.05, 3.63) is 30.0 Å². The number of nitrogens with zero attached hydrogens (tertiary/aromatic N) is 1. The quantitative estimate of drug-likeness (QED) is 0.889. The fraction of sp³-hybridized carbons (Fsp3) is 0.400. The molecule has 2 N–H and O–H groups in total. The Labute approximate surface area is 112 Å². The Morgan fingerprint density at radius 3 is 2.58 bits per heavy atom. The van der Waals surface area contributed by atoms with E-state index in [-0.39, 0.29) is 5.75 Å². The normalized spacial score (nSPS) is 11.9. The highest BCUT2D eigenvalue weighted by Crippen LogP contribution is 2.29. The lowest BCUT2D eigenvalue weighted by atomic mass is 9.88. The van der Waals surface area contributed by atoms with E-state index in [4.69, 9.17) is 0 Å². The molecule has 0 aliphatic carbocycles. The van der Waals surface area contributed by atoms with Crippen LogP contribution in [0.15, 0.2) is 24.3 Å². The summed E-state index contributed by atoms with van der Waals surface area (Å²) >= 11 is 0. The maximum Gasteiger partial charge on any atom is 0.309 e. The Kier molecular flexibility index (Phi) is 3.27. The van der Waals surface area contributed by atoms with E-state index < -0.39 is 11.4 Å². The van der Waals surface area contributed by atoms with Crippen molar-refractivity contribution in [2.75, 3.05) is 0 Å². The summed E-state index contributed by atoms with van der Waals surface area (Å²) < 4.78 is 2.06. The molecule has 4 heteroatoms. The van der Waals surface area contributed by atoms with E-state index in [1.165, 1.54) is 0 Å². The summed E-state index contributed by atoms with van der Waals surface area (Å²) in [6.45, 7) is 6.22. The maximum atomic E-state index is 11.2. The molecule has 0 unspecified atom stereocenters. The molecule has 0 saturated heterocycles. The summed E-state index contributed by atoms with van der Waals surface area (Å²) in [5, 5.41) is 19.8. The molecule has 2 aromatic rings. The molecule has 0 spiro atoms. The van der Waals surface area contributed by atoms with Crippen molar-refractivity contribution in [3.8, 4) is 5.75 Å². The van der Waals surface area contributed by atoms with E-state index >= 15 is 0 Å². The van der Waals surface area contributed by atoms with Crippen LogP contribution >= 0.6 is 0 Å². The molecular weight excluding hydrogens is 242 g/mol. The Morgan fingerprint density at radius 2 is 2.00 bits per heavy atom. The summed E-state index contributed by atoms with van der Waals surface area (Å²) in [6, 6.07) is 7.22. The molecule has 0 amide bonds. The van der Waals surface area contributed by atoms with Gasteiger partial charge in [-0.15, -0.1) is 0 Å². The highest BCUT2D eigenvalue weighted by molar-refractivity contribution is 5.83. The van der Waals surface area contributed by atoms with Gasteiger partial charge in [0, 0.05) is 30.1 Å². The van der Waals surface area contributed by atoms with Crippen molar-refractivity contribution in [1.82, 2.24) is 4.57 Å². The minimum Gasteiger partial charge on any atom is -0.508 e. The monoisotopic (exact) mass is 261 g/mol. The number of fused-ring (bicyclic) bond motifs is 1. The zero-order valence-corrected chi connectivity index (χ0v) is 11.5. The second kappa shape index (κ2) is 4.61. The summed E-state index contributed by atoms with van der Waals surface area (Å²) in [4.78, 5) is 11.2. The van der Waals surface area contributed by atoms with E-state index in [1.807, 2.05) is 19.1 Å². The summed E-state index contributed by atoms with van der Waals surface area (Å²) in [5.41, 5.74) is 1.12. The van der Waals surface area contributed by atoms with Crippen LogP contribution in [0.4, 0.5) is 0 Å².